The molecule has 164 valence electrons. The van der Waals surface area contributed by atoms with Crippen LogP contribution in [-0.4, -0.2) is 77.1 Å². The van der Waals surface area contributed by atoms with Gasteiger partial charge in [-0.1, -0.05) is 0 Å². The molecule has 1 N–H and O–H groups in total. The van der Waals surface area contributed by atoms with E-state index in [1.165, 1.54) is 29.2 Å². The lowest BCUT2D eigenvalue weighted by Crippen LogP contribution is -2.56. The second kappa shape index (κ2) is 8.89. The van der Waals surface area contributed by atoms with E-state index in [1.807, 2.05) is 0 Å². The second-order valence-electron chi connectivity index (χ2n) is 8.58. The van der Waals surface area contributed by atoms with Crippen molar-refractivity contribution in [1.29, 1.82) is 0 Å². The maximum absolute atomic E-state index is 13.0. The third-order valence-electron chi connectivity index (χ3n) is 5.14. The van der Waals surface area contributed by atoms with Gasteiger partial charge in [-0.2, -0.15) is 0 Å². The van der Waals surface area contributed by atoms with Crippen molar-refractivity contribution in [2.75, 3.05) is 38.0 Å². The predicted octanol–water partition coefficient (Wildman–Crippen LogP) is 2.90. The zero-order chi connectivity index (χ0) is 21.9. The summed E-state index contributed by atoms with van der Waals surface area (Å²) in [6.07, 6.45) is 0.912. The van der Waals surface area contributed by atoms with Crippen LogP contribution in [-0.2, 0) is 9.53 Å². The van der Waals surface area contributed by atoms with Gasteiger partial charge in [0.05, 0.1) is 0 Å². The average Bonchev–Trinajstić information content (AvgIpc) is 3.18. The molecule has 2 aliphatic rings. The van der Waals surface area contributed by atoms with Gasteiger partial charge in [-0.3, -0.25) is 9.69 Å². The highest BCUT2D eigenvalue weighted by atomic mass is 19.1. The number of nitrogens with zero attached hydrogens (tertiary/aromatic N) is 3. The molecule has 9 heteroatoms. The summed E-state index contributed by atoms with van der Waals surface area (Å²) in [7, 11) is 0. The SMILES string of the molecule is CC(C)(C)OC(=O)N1CCCC1C(=O)N1CCN(C(=O)Nc2ccc(F)cc2)CC1. The van der Waals surface area contributed by atoms with Crippen LogP contribution >= 0.6 is 0 Å². The molecule has 0 bridgehead atoms. The summed E-state index contributed by atoms with van der Waals surface area (Å²) in [5.74, 6) is -0.468. The summed E-state index contributed by atoms with van der Waals surface area (Å²) < 4.78 is 18.4. The Hall–Kier alpha value is -2.84. The molecule has 1 aromatic rings. The Labute approximate surface area is 175 Å². The van der Waals surface area contributed by atoms with Gasteiger partial charge >= 0.3 is 12.1 Å². The Kier molecular flexibility index (Phi) is 6.48. The highest BCUT2D eigenvalue weighted by molar-refractivity contribution is 5.90. The van der Waals surface area contributed by atoms with Gasteiger partial charge in [-0.15, -0.1) is 0 Å². The number of nitrogens with one attached hydrogen (secondary N) is 1. The maximum Gasteiger partial charge on any atom is 0.410 e. The number of anilines is 1. The molecule has 0 aliphatic carbocycles. The van der Waals surface area contributed by atoms with Crippen molar-refractivity contribution in [2.24, 2.45) is 0 Å². The smallest absolute Gasteiger partial charge is 0.410 e. The Morgan fingerprint density at radius 1 is 1.00 bits per heavy atom. The first kappa shape index (κ1) is 21.9. The third-order valence-corrected chi connectivity index (χ3v) is 5.14. The second-order valence-corrected chi connectivity index (χ2v) is 8.58. The molecule has 4 amide bonds. The molecule has 0 spiro atoms. The van der Waals surface area contributed by atoms with Crippen LogP contribution in [0, 0.1) is 5.82 Å². The molecule has 0 aromatic heterocycles. The standard InChI is InChI=1S/C21H29FN4O4/c1-21(2,3)30-20(29)26-10-4-5-17(26)18(27)24-11-13-25(14-12-24)19(28)23-16-8-6-15(22)7-9-16/h6-9,17H,4-5,10-14H2,1-3H3,(H,23,28). The molecule has 2 aliphatic heterocycles. The minimum absolute atomic E-state index is 0.100. The van der Waals surface area contributed by atoms with E-state index in [2.05, 4.69) is 5.32 Å². The zero-order valence-electron chi connectivity index (χ0n) is 17.7. The van der Waals surface area contributed by atoms with Gasteiger partial charge < -0.3 is 19.9 Å². The fraction of sp³-hybridized carbons (Fsp3) is 0.571. The van der Waals surface area contributed by atoms with Crippen LogP contribution in [0.5, 0.6) is 0 Å². The number of benzene rings is 1. The third kappa shape index (κ3) is 5.40. The maximum atomic E-state index is 13.0. The topological polar surface area (TPSA) is 82.2 Å². The minimum Gasteiger partial charge on any atom is -0.444 e. The van der Waals surface area contributed by atoms with E-state index in [1.54, 1.807) is 30.6 Å². The first-order valence-corrected chi connectivity index (χ1v) is 10.2. The number of carbonyl (C=O) groups excluding carboxylic acids is 3. The van der Waals surface area contributed by atoms with Crippen molar-refractivity contribution in [3.63, 3.8) is 0 Å². The van der Waals surface area contributed by atoms with Gasteiger partial charge in [-0.05, 0) is 57.9 Å². The van der Waals surface area contributed by atoms with Gasteiger partial charge in [0.2, 0.25) is 5.91 Å². The number of carbonyl (C=O) groups is 3. The number of hydrogen-bond donors (Lipinski definition) is 1. The number of ether oxygens (including phenoxy) is 1. The Morgan fingerprint density at radius 2 is 1.60 bits per heavy atom. The fourth-order valence-electron chi connectivity index (χ4n) is 3.64. The highest BCUT2D eigenvalue weighted by Crippen LogP contribution is 2.23. The van der Waals surface area contributed by atoms with Crippen LogP contribution in [0.1, 0.15) is 33.6 Å². The van der Waals surface area contributed by atoms with E-state index in [0.717, 1.165) is 6.42 Å². The van der Waals surface area contributed by atoms with Crippen molar-refractivity contribution in [1.82, 2.24) is 14.7 Å². The fourth-order valence-corrected chi connectivity index (χ4v) is 3.64. The number of urea groups is 1. The molecular weight excluding hydrogens is 391 g/mol. The summed E-state index contributed by atoms with van der Waals surface area (Å²) in [5, 5.41) is 2.73. The summed E-state index contributed by atoms with van der Waals surface area (Å²) >= 11 is 0. The molecule has 0 radical (unpaired) electrons. The zero-order valence-corrected chi connectivity index (χ0v) is 17.7. The molecule has 2 saturated heterocycles. The van der Waals surface area contributed by atoms with E-state index < -0.39 is 17.7 Å². The predicted molar refractivity (Wildman–Crippen MR) is 110 cm³/mol. The lowest BCUT2D eigenvalue weighted by Gasteiger charge is -2.37. The van der Waals surface area contributed by atoms with Crippen LogP contribution in [0.4, 0.5) is 19.7 Å². The van der Waals surface area contributed by atoms with E-state index >= 15 is 0 Å². The van der Waals surface area contributed by atoms with Gasteiger partial charge in [0, 0.05) is 38.4 Å². The van der Waals surface area contributed by atoms with Crippen LogP contribution in [0.25, 0.3) is 0 Å². The van der Waals surface area contributed by atoms with Crippen LogP contribution in [0.2, 0.25) is 0 Å². The molecule has 1 aromatic carbocycles. The van der Waals surface area contributed by atoms with Crippen LogP contribution in [0.15, 0.2) is 24.3 Å². The normalized spacial score (nSPS) is 19.6. The first-order valence-electron chi connectivity index (χ1n) is 10.2. The summed E-state index contributed by atoms with van der Waals surface area (Å²) in [6, 6.07) is 4.76. The van der Waals surface area contributed by atoms with Gasteiger partial charge in [0.25, 0.3) is 0 Å². The number of halogens is 1. The van der Waals surface area contributed by atoms with E-state index in [-0.39, 0.29) is 17.8 Å². The van der Waals surface area contributed by atoms with Crippen LogP contribution < -0.4 is 5.32 Å². The molecule has 1 unspecified atom stereocenters. The summed E-state index contributed by atoms with van der Waals surface area (Å²) in [4.78, 5) is 42.7. The van der Waals surface area contributed by atoms with Gasteiger partial charge in [-0.25, -0.2) is 14.0 Å². The van der Waals surface area contributed by atoms with Crippen molar-refractivity contribution >= 4 is 23.7 Å². The number of rotatable bonds is 2. The monoisotopic (exact) mass is 420 g/mol. The van der Waals surface area contributed by atoms with E-state index in [9.17, 15) is 18.8 Å². The Morgan fingerprint density at radius 3 is 2.20 bits per heavy atom. The molecule has 2 fully saturated rings. The van der Waals surface area contributed by atoms with Crippen molar-refractivity contribution in [3.05, 3.63) is 30.1 Å². The quantitative estimate of drug-likeness (QED) is 0.798. The molecule has 30 heavy (non-hydrogen) atoms. The number of amides is 4. The van der Waals surface area contributed by atoms with Gasteiger partial charge in [0.15, 0.2) is 0 Å². The lowest BCUT2D eigenvalue weighted by molar-refractivity contribution is -0.137. The Balaban J connectivity index is 1.52. The molecule has 0 saturated carbocycles. The van der Waals surface area contributed by atoms with Crippen molar-refractivity contribution in [2.45, 2.75) is 45.3 Å². The molecular formula is C21H29FN4O4. The molecule has 2 heterocycles. The van der Waals surface area contributed by atoms with E-state index in [4.69, 9.17) is 4.74 Å². The van der Waals surface area contributed by atoms with Gasteiger partial charge in [0.1, 0.15) is 17.5 Å². The molecule has 8 nitrogen and oxygen atoms in total. The number of hydrogen-bond acceptors (Lipinski definition) is 4. The highest BCUT2D eigenvalue weighted by Gasteiger charge is 2.39. The largest absolute Gasteiger partial charge is 0.444 e. The molecule has 3 rings (SSSR count). The van der Waals surface area contributed by atoms with Crippen molar-refractivity contribution < 1.29 is 23.5 Å². The lowest BCUT2D eigenvalue weighted by atomic mass is 10.1. The van der Waals surface area contributed by atoms with Crippen molar-refractivity contribution in [3.8, 4) is 0 Å². The van der Waals surface area contributed by atoms with E-state index in [0.29, 0.717) is 44.8 Å². The minimum atomic E-state index is -0.614. The summed E-state index contributed by atoms with van der Waals surface area (Å²) in [5.41, 5.74) is -0.101. The Bertz CT molecular complexity index is 785. The summed E-state index contributed by atoms with van der Waals surface area (Å²) in [6.45, 7) is 7.47. The average molecular weight is 420 g/mol. The van der Waals surface area contributed by atoms with Crippen LogP contribution in [0.3, 0.4) is 0 Å². The number of likely N-dealkylation sites (tertiary alicyclic amines) is 1. The first-order chi connectivity index (χ1) is 14.1. The number of piperazine rings is 1. The molecule has 1 atom stereocenters.